The highest BCUT2D eigenvalue weighted by Crippen LogP contribution is 2.46. The van der Waals surface area contributed by atoms with Crippen molar-refractivity contribution >= 4 is 28.0 Å². The van der Waals surface area contributed by atoms with Crippen molar-refractivity contribution in [2.24, 2.45) is 0 Å². The van der Waals surface area contributed by atoms with E-state index in [1.807, 2.05) is 0 Å². The standard InChI is InChI=1S/C23H43ClOSi2/c1-10-11-17-22(2,3)27(8,9)25-23(4,5)26(6,7)18-16-20-12-14-21(19-24)15-13-20/h12-15H,10-11,16-19H2,1-9H3. The Morgan fingerprint density at radius 2 is 1.44 bits per heavy atom. The quantitative estimate of drug-likeness (QED) is 0.256. The summed E-state index contributed by atoms with van der Waals surface area (Å²) in [5.41, 5.74) is 2.61. The second-order valence-electron chi connectivity index (χ2n) is 10.4. The fraction of sp³-hybridized carbons (Fsp3) is 0.739. The molecular weight excluding hydrogens is 384 g/mol. The average molecular weight is 427 g/mol. The second kappa shape index (κ2) is 9.60. The molecule has 0 unspecified atom stereocenters. The van der Waals surface area contributed by atoms with Gasteiger partial charge in [0, 0.05) is 11.1 Å². The molecular formula is C23H43ClOSi2. The molecule has 0 radical (unpaired) electrons. The number of hydrogen-bond acceptors (Lipinski definition) is 1. The Labute approximate surface area is 176 Å². The first-order chi connectivity index (χ1) is 12.3. The molecule has 0 saturated heterocycles. The van der Waals surface area contributed by atoms with Crippen LogP contribution in [0.3, 0.4) is 0 Å². The predicted octanol–water partition coefficient (Wildman–Crippen LogP) is 8.19. The molecule has 0 fully saturated rings. The molecule has 0 aliphatic carbocycles. The molecule has 1 rings (SSSR count). The average Bonchev–Trinajstić information content (AvgIpc) is 2.57. The van der Waals surface area contributed by atoms with Gasteiger partial charge in [0.2, 0.25) is 0 Å². The smallest absolute Gasteiger partial charge is 0.192 e. The van der Waals surface area contributed by atoms with Crippen molar-refractivity contribution in [3.63, 3.8) is 0 Å². The Bertz CT molecular complexity index is 577. The van der Waals surface area contributed by atoms with Crippen molar-refractivity contribution in [1.29, 1.82) is 0 Å². The molecule has 0 atom stereocenters. The van der Waals surface area contributed by atoms with Crippen molar-refractivity contribution < 1.29 is 4.43 Å². The summed E-state index contributed by atoms with van der Waals surface area (Å²) in [7, 11) is -3.38. The fourth-order valence-electron chi connectivity index (χ4n) is 3.39. The molecule has 4 heteroatoms. The van der Waals surface area contributed by atoms with Crippen molar-refractivity contribution in [1.82, 2.24) is 0 Å². The molecule has 0 amide bonds. The van der Waals surface area contributed by atoms with Crippen LogP contribution in [0.15, 0.2) is 24.3 Å². The van der Waals surface area contributed by atoms with E-state index in [1.165, 1.54) is 36.4 Å². The molecule has 0 N–H and O–H groups in total. The molecule has 0 spiro atoms. The van der Waals surface area contributed by atoms with Crippen LogP contribution in [0.4, 0.5) is 0 Å². The predicted molar refractivity (Wildman–Crippen MR) is 128 cm³/mol. The third-order valence-electron chi connectivity index (χ3n) is 7.14. The van der Waals surface area contributed by atoms with E-state index in [-0.39, 0.29) is 5.22 Å². The van der Waals surface area contributed by atoms with Crippen LogP contribution in [0.25, 0.3) is 0 Å². The van der Waals surface area contributed by atoms with E-state index in [4.69, 9.17) is 16.0 Å². The third kappa shape index (κ3) is 6.73. The summed E-state index contributed by atoms with van der Waals surface area (Å²) in [6.45, 7) is 21.7. The number of benzene rings is 1. The summed E-state index contributed by atoms with van der Waals surface area (Å²) in [5, 5.41) is 0.296. The first-order valence-corrected chi connectivity index (χ1v) is 17.3. The highest BCUT2D eigenvalue weighted by atomic mass is 35.5. The van der Waals surface area contributed by atoms with Gasteiger partial charge in [-0.15, -0.1) is 11.6 Å². The van der Waals surface area contributed by atoms with E-state index in [2.05, 4.69) is 85.1 Å². The Balaban J connectivity index is 2.82. The summed E-state index contributed by atoms with van der Waals surface area (Å²) in [6.07, 6.45) is 4.97. The van der Waals surface area contributed by atoms with Crippen molar-refractivity contribution in [3.05, 3.63) is 35.4 Å². The first-order valence-electron chi connectivity index (χ1n) is 10.6. The minimum atomic E-state index is -1.81. The lowest BCUT2D eigenvalue weighted by atomic mass is 10.1. The van der Waals surface area contributed by atoms with Crippen LogP contribution in [-0.2, 0) is 16.7 Å². The number of rotatable bonds is 11. The van der Waals surface area contributed by atoms with Gasteiger partial charge in [-0.2, -0.15) is 0 Å². The molecule has 27 heavy (non-hydrogen) atoms. The molecule has 1 aromatic rings. The summed E-state index contributed by atoms with van der Waals surface area (Å²) in [5.74, 6) is 0.592. The van der Waals surface area contributed by atoms with E-state index >= 15 is 0 Å². The van der Waals surface area contributed by atoms with Crippen LogP contribution in [-0.4, -0.2) is 21.6 Å². The Hall–Kier alpha value is -0.0962. The van der Waals surface area contributed by atoms with E-state index in [0.29, 0.717) is 10.9 Å². The molecule has 0 aliphatic heterocycles. The summed E-state index contributed by atoms with van der Waals surface area (Å²) in [6, 6.07) is 10.0. The molecule has 0 bridgehead atoms. The van der Waals surface area contributed by atoms with Gasteiger partial charge >= 0.3 is 0 Å². The van der Waals surface area contributed by atoms with Crippen LogP contribution in [0.2, 0.25) is 37.3 Å². The van der Waals surface area contributed by atoms with Crippen molar-refractivity contribution in [3.8, 4) is 0 Å². The normalized spacial score (nSPS) is 13.9. The van der Waals surface area contributed by atoms with Crippen molar-refractivity contribution in [2.45, 2.75) is 109 Å². The zero-order valence-corrected chi connectivity index (χ0v) is 22.1. The molecule has 0 saturated carbocycles. The fourth-order valence-corrected chi connectivity index (χ4v) is 9.28. The summed E-state index contributed by atoms with van der Waals surface area (Å²) in [4.78, 5) is 0. The number of alkyl halides is 1. The number of halogens is 1. The zero-order valence-electron chi connectivity index (χ0n) is 19.3. The topological polar surface area (TPSA) is 9.23 Å². The lowest BCUT2D eigenvalue weighted by Gasteiger charge is -2.50. The number of aryl methyl sites for hydroxylation is 1. The molecule has 1 aromatic carbocycles. The SMILES string of the molecule is CCCCC(C)(C)[Si](C)(C)OC(C)(C)[Si](C)(C)CCc1ccc(CCl)cc1. The van der Waals surface area contributed by atoms with Gasteiger partial charge in [-0.1, -0.05) is 77.0 Å². The van der Waals surface area contributed by atoms with Gasteiger partial charge in [-0.25, -0.2) is 0 Å². The third-order valence-corrected chi connectivity index (χ3v) is 17.0. The maximum atomic E-state index is 7.06. The molecule has 1 nitrogen and oxygen atoms in total. The lowest BCUT2D eigenvalue weighted by Crippen LogP contribution is -2.59. The molecule has 0 heterocycles. The van der Waals surface area contributed by atoms with E-state index in [0.717, 1.165) is 6.42 Å². The van der Waals surface area contributed by atoms with Gasteiger partial charge < -0.3 is 4.43 Å². The summed E-state index contributed by atoms with van der Waals surface area (Å²) < 4.78 is 7.06. The minimum Gasteiger partial charge on any atom is -0.415 e. The number of unbranched alkanes of at least 4 members (excludes halogenated alkanes) is 1. The maximum Gasteiger partial charge on any atom is 0.192 e. The monoisotopic (exact) mass is 426 g/mol. The van der Waals surface area contributed by atoms with Gasteiger partial charge in [0.25, 0.3) is 0 Å². The van der Waals surface area contributed by atoms with E-state index in [1.54, 1.807) is 0 Å². The molecule has 0 aromatic heterocycles. The zero-order chi connectivity index (χ0) is 20.9. The van der Waals surface area contributed by atoms with Crippen LogP contribution in [0, 0.1) is 0 Å². The van der Waals surface area contributed by atoms with Crippen LogP contribution < -0.4 is 0 Å². The Kier molecular flexibility index (Phi) is 8.87. The summed E-state index contributed by atoms with van der Waals surface area (Å²) >= 11 is 5.91. The van der Waals surface area contributed by atoms with Gasteiger partial charge in [-0.3, -0.25) is 0 Å². The Morgan fingerprint density at radius 1 is 0.926 bits per heavy atom. The van der Waals surface area contributed by atoms with Crippen LogP contribution >= 0.6 is 11.6 Å². The minimum absolute atomic E-state index is 0.0116. The highest BCUT2D eigenvalue weighted by Gasteiger charge is 2.48. The van der Waals surface area contributed by atoms with Gasteiger partial charge in [0.1, 0.15) is 0 Å². The maximum absolute atomic E-state index is 7.06. The largest absolute Gasteiger partial charge is 0.415 e. The van der Waals surface area contributed by atoms with Gasteiger partial charge in [0.05, 0.1) is 8.07 Å². The second-order valence-corrected chi connectivity index (χ2v) is 20.8. The van der Waals surface area contributed by atoms with E-state index < -0.39 is 16.4 Å². The van der Waals surface area contributed by atoms with E-state index in [9.17, 15) is 0 Å². The Morgan fingerprint density at radius 3 is 1.93 bits per heavy atom. The first kappa shape index (κ1) is 24.9. The molecule has 0 aliphatic rings. The lowest BCUT2D eigenvalue weighted by molar-refractivity contribution is 0.159. The van der Waals surface area contributed by atoms with Crippen LogP contribution in [0.5, 0.6) is 0 Å². The van der Waals surface area contributed by atoms with Crippen molar-refractivity contribution in [2.75, 3.05) is 0 Å². The number of hydrogen-bond donors (Lipinski definition) is 0. The molecule has 156 valence electrons. The van der Waals surface area contributed by atoms with Gasteiger partial charge in [-0.05, 0) is 55.9 Å². The van der Waals surface area contributed by atoms with Gasteiger partial charge in [0.15, 0.2) is 8.32 Å². The highest BCUT2D eigenvalue weighted by molar-refractivity contribution is 6.82. The van der Waals surface area contributed by atoms with Crippen LogP contribution in [0.1, 0.15) is 65.0 Å².